The number of hydrogen-bond donors (Lipinski definition) is 1. The van der Waals surface area contributed by atoms with Crippen LogP contribution in [0.4, 0.5) is 5.69 Å². The van der Waals surface area contributed by atoms with Crippen LogP contribution in [-0.2, 0) is 17.6 Å². The Kier molecular flexibility index (Phi) is 4.82. The van der Waals surface area contributed by atoms with Gasteiger partial charge in [0.25, 0.3) is 0 Å². The summed E-state index contributed by atoms with van der Waals surface area (Å²) in [5, 5.41) is 3.77. The Morgan fingerprint density at radius 3 is 2.82 bits per heavy atom. The van der Waals surface area contributed by atoms with Crippen LogP contribution in [0, 0.1) is 0 Å². The second-order valence-electron chi connectivity index (χ2n) is 6.99. The quantitative estimate of drug-likeness (QED) is 0.923. The first-order chi connectivity index (χ1) is 10.6. The standard InChI is InChI=1S/C19H28N2O/c1-14(20-18-7-3-4-8-18)12-16-9-10-19-17(13-16)6-5-11-21(19)15(2)22/h9-10,13-14,18,20H,3-8,11-12H2,1-2H3. The summed E-state index contributed by atoms with van der Waals surface area (Å²) in [5.74, 6) is 0.157. The van der Waals surface area contributed by atoms with Crippen LogP contribution < -0.4 is 10.2 Å². The Labute approximate surface area is 134 Å². The zero-order valence-corrected chi connectivity index (χ0v) is 13.9. The van der Waals surface area contributed by atoms with E-state index in [1.807, 2.05) is 4.90 Å². The summed E-state index contributed by atoms with van der Waals surface area (Å²) >= 11 is 0. The number of carbonyl (C=O) groups is 1. The van der Waals surface area contributed by atoms with Gasteiger partial charge in [0.15, 0.2) is 0 Å². The summed E-state index contributed by atoms with van der Waals surface area (Å²) in [6.07, 6.45) is 8.67. The first-order valence-corrected chi connectivity index (χ1v) is 8.79. The van der Waals surface area contributed by atoms with Gasteiger partial charge in [0.05, 0.1) is 0 Å². The smallest absolute Gasteiger partial charge is 0.223 e. The van der Waals surface area contributed by atoms with Crippen molar-refractivity contribution >= 4 is 11.6 Å². The average molecular weight is 300 g/mol. The van der Waals surface area contributed by atoms with Crippen LogP contribution in [0.5, 0.6) is 0 Å². The minimum absolute atomic E-state index is 0.157. The molecule has 120 valence electrons. The summed E-state index contributed by atoms with van der Waals surface area (Å²) in [6, 6.07) is 7.91. The fourth-order valence-electron chi connectivity index (χ4n) is 4.01. The summed E-state index contributed by atoms with van der Waals surface area (Å²) in [5.41, 5.74) is 3.85. The number of benzene rings is 1. The molecule has 1 unspecified atom stereocenters. The molecule has 1 aromatic rings. The summed E-state index contributed by atoms with van der Waals surface area (Å²) < 4.78 is 0. The zero-order valence-electron chi connectivity index (χ0n) is 13.9. The lowest BCUT2D eigenvalue weighted by molar-refractivity contribution is -0.116. The number of amides is 1. The highest BCUT2D eigenvalue weighted by Gasteiger charge is 2.21. The number of fused-ring (bicyclic) bond motifs is 1. The van der Waals surface area contributed by atoms with Crippen LogP contribution in [0.3, 0.4) is 0 Å². The number of nitrogens with one attached hydrogen (secondary N) is 1. The van der Waals surface area contributed by atoms with Crippen LogP contribution in [0.1, 0.15) is 57.1 Å². The van der Waals surface area contributed by atoms with Crippen molar-refractivity contribution in [3.05, 3.63) is 29.3 Å². The van der Waals surface area contributed by atoms with E-state index in [0.717, 1.165) is 37.5 Å². The molecule has 3 heteroatoms. The zero-order chi connectivity index (χ0) is 15.5. The van der Waals surface area contributed by atoms with Gasteiger partial charge in [-0.1, -0.05) is 25.0 Å². The third-order valence-electron chi connectivity index (χ3n) is 5.06. The molecule has 1 fully saturated rings. The van der Waals surface area contributed by atoms with Crippen LogP contribution in [0.25, 0.3) is 0 Å². The van der Waals surface area contributed by atoms with E-state index in [4.69, 9.17) is 0 Å². The van der Waals surface area contributed by atoms with Crippen molar-refractivity contribution < 1.29 is 4.79 Å². The van der Waals surface area contributed by atoms with E-state index in [1.165, 1.54) is 36.8 Å². The minimum atomic E-state index is 0.157. The maximum atomic E-state index is 11.7. The molecule has 1 saturated carbocycles. The molecule has 0 saturated heterocycles. The first-order valence-electron chi connectivity index (χ1n) is 8.79. The van der Waals surface area contributed by atoms with Crippen molar-refractivity contribution in [2.75, 3.05) is 11.4 Å². The fourth-order valence-corrected chi connectivity index (χ4v) is 4.01. The molecule has 1 aliphatic heterocycles. The van der Waals surface area contributed by atoms with Gasteiger partial charge < -0.3 is 10.2 Å². The van der Waals surface area contributed by atoms with Gasteiger partial charge in [-0.25, -0.2) is 0 Å². The Morgan fingerprint density at radius 2 is 2.09 bits per heavy atom. The van der Waals surface area contributed by atoms with E-state index >= 15 is 0 Å². The van der Waals surface area contributed by atoms with E-state index in [-0.39, 0.29) is 5.91 Å². The molecule has 1 N–H and O–H groups in total. The number of nitrogens with zero attached hydrogens (tertiary/aromatic N) is 1. The molecule has 0 bridgehead atoms. The van der Waals surface area contributed by atoms with Crippen molar-refractivity contribution in [2.24, 2.45) is 0 Å². The Bertz CT molecular complexity index is 534. The average Bonchev–Trinajstić information content (AvgIpc) is 2.99. The Hall–Kier alpha value is -1.35. The number of rotatable bonds is 4. The van der Waals surface area contributed by atoms with Crippen LogP contribution in [0.15, 0.2) is 18.2 Å². The van der Waals surface area contributed by atoms with Gasteiger partial charge in [0.1, 0.15) is 0 Å². The van der Waals surface area contributed by atoms with Crippen molar-refractivity contribution in [3.63, 3.8) is 0 Å². The van der Waals surface area contributed by atoms with Gasteiger partial charge in [0.2, 0.25) is 5.91 Å². The second kappa shape index (κ2) is 6.82. The van der Waals surface area contributed by atoms with Crippen molar-refractivity contribution in [1.82, 2.24) is 5.32 Å². The highest BCUT2D eigenvalue weighted by molar-refractivity contribution is 5.92. The topological polar surface area (TPSA) is 32.3 Å². The van der Waals surface area contributed by atoms with Gasteiger partial charge in [-0.05, 0) is 56.2 Å². The first kappa shape index (κ1) is 15.5. The summed E-state index contributed by atoms with van der Waals surface area (Å²) in [7, 11) is 0. The third-order valence-corrected chi connectivity index (χ3v) is 5.06. The molecule has 1 amide bonds. The van der Waals surface area contributed by atoms with Crippen molar-refractivity contribution in [2.45, 2.75) is 70.9 Å². The lowest BCUT2D eigenvalue weighted by Crippen LogP contribution is -2.36. The lowest BCUT2D eigenvalue weighted by atomic mass is 9.96. The van der Waals surface area contributed by atoms with Gasteiger partial charge in [-0.15, -0.1) is 0 Å². The van der Waals surface area contributed by atoms with E-state index in [9.17, 15) is 4.79 Å². The van der Waals surface area contributed by atoms with Crippen LogP contribution >= 0.6 is 0 Å². The second-order valence-corrected chi connectivity index (χ2v) is 6.99. The molecule has 1 atom stereocenters. The van der Waals surface area contributed by atoms with E-state index < -0.39 is 0 Å². The third kappa shape index (κ3) is 3.52. The monoisotopic (exact) mass is 300 g/mol. The maximum absolute atomic E-state index is 11.7. The van der Waals surface area contributed by atoms with Crippen LogP contribution in [-0.4, -0.2) is 24.5 Å². The molecule has 1 aromatic carbocycles. The normalized spacial score (nSPS) is 20.0. The van der Waals surface area contributed by atoms with E-state index in [1.54, 1.807) is 6.92 Å². The summed E-state index contributed by atoms with van der Waals surface area (Å²) in [4.78, 5) is 13.7. The predicted molar refractivity (Wildman–Crippen MR) is 91.3 cm³/mol. The molecule has 3 rings (SSSR count). The number of carbonyl (C=O) groups excluding carboxylic acids is 1. The largest absolute Gasteiger partial charge is 0.312 e. The van der Waals surface area contributed by atoms with E-state index in [0.29, 0.717) is 6.04 Å². The molecule has 0 radical (unpaired) electrons. The summed E-state index contributed by atoms with van der Waals surface area (Å²) in [6.45, 7) is 4.82. The lowest BCUT2D eigenvalue weighted by Gasteiger charge is -2.29. The molecule has 1 heterocycles. The predicted octanol–water partition coefficient (Wildman–Crippen LogP) is 3.45. The molecule has 22 heavy (non-hydrogen) atoms. The number of hydrogen-bond acceptors (Lipinski definition) is 2. The van der Waals surface area contributed by atoms with Crippen molar-refractivity contribution in [3.8, 4) is 0 Å². The highest BCUT2D eigenvalue weighted by Crippen LogP contribution is 2.28. The van der Waals surface area contributed by atoms with Crippen molar-refractivity contribution in [1.29, 1.82) is 0 Å². The maximum Gasteiger partial charge on any atom is 0.223 e. The molecule has 1 aliphatic carbocycles. The molecular formula is C19H28N2O. The van der Waals surface area contributed by atoms with Crippen LogP contribution in [0.2, 0.25) is 0 Å². The molecule has 0 spiro atoms. The Morgan fingerprint density at radius 1 is 1.32 bits per heavy atom. The number of anilines is 1. The fraction of sp³-hybridized carbons (Fsp3) is 0.632. The van der Waals surface area contributed by atoms with Gasteiger partial charge in [-0.3, -0.25) is 4.79 Å². The van der Waals surface area contributed by atoms with Gasteiger partial charge >= 0.3 is 0 Å². The molecular weight excluding hydrogens is 272 g/mol. The van der Waals surface area contributed by atoms with Gasteiger partial charge in [-0.2, -0.15) is 0 Å². The van der Waals surface area contributed by atoms with Gasteiger partial charge in [0, 0.05) is 31.2 Å². The highest BCUT2D eigenvalue weighted by atomic mass is 16.2. The molecule has 3 nitrogen and oxygen atoms in total. The molecule has 0 aromatic heterocycles. The SMILES string of the molecule is CC(=O)N1CCCc2cc(CC(C)NC3CCCC3)ccc21. The minimum Gasteiger partial charge on any atom is -0.312 e. The van der Waals surface area contributed by atoms with E-state index in [2.05, 4.69) is 30.4 Å². The molecule has 2 aliphatic rings. The Balaban J connectivity index is 1.66. The number of aryl methyl sites for hydroxylation is 1.